The van der Waals surface area contributed by atoms with E-state index in [0.717, 1.165) is 5.56 Å². The number of rotatable bonds is 5. The van der Waals surface area contributed by atoms with Crippen molar-refractivity contribution in [3.63, 3.8) is 0 Å². The molecule has 6 heteroatoms. The van der Waals surface area contributed by atoms with Crippen molar-refractivity contribution in [2.45, 2.75) is 12.5 Å². The third kappa shape index (κ3) is 3.84. The number of aliphatic hydroxyl groups excluding tert-OH is 1. The summed E-state index contributed by atoms with van der Waals surface area (Å²) in [4.78, 5) is 31.3. The lowest BCUT2D eigenvalue weighted by Gasteiger charge is -2.25. The number of hydrogen-bond donors (Lipinski definition) is 1. The molecule has 1 N–H and O–H groups in total. The number of benzene rings is 2. The first-order valence-corrected chi connectivity index (χ1v) is 9.92. The van der Waals surface area contributed by atoms with Crippen LogP contribution in [0.15, 0.2) is 84.7 Å². The largest absolute Gasteiger partial charge is 0.507 e. The van der Waals surface area contributed by atoms with Crippen LogP contribution in [0.2, 0.25) is 5.02 Å². The lowest BCUT2D eigenvalue weighted by Crippen LogP contribution is -2.31. The number of carbonyl (C=O) groups is 2. The lowest BCUT2D eigenvalue weighted by atomic mass is 9.95. The van der Waals surface area contributed by atoms with Crippen molar-refractivity contribution >= 4 is 29.1 Å². The van der Waals surface area contributed by atoms with E-state index in [-0.39, 0.29) is 11.3 Å². The summed E-state index contributed by atoms with van der Waals surface area (Å²) in [7, 11) is 0. The van der Waals surface area contributed by atoms with Gasteiger partial charge in [0.2, 0.25) is 0 Å². The molecule has 1 aromatic heterocycles. The van der Waals surface area contributed by atoms with E-state index >= 15 is 0 Å². The van der Waals surface area contributed by atoms with Crippen LogP contribution in [0.3, 0.4) is 0 Å². The molecule has 2 aromatic carbocycles. The number of pyridine rings is 1. The molecule has 5 nitrogen and oxygen atoms in total. The van der Waals surface area contributed by atoms with Gasteiger partial charge in [-0.1, -0.05) is 54.1 Å². The summed E-state index contributed by atoms with van der Waals surface area (Å²) < 4.78 is 0. The number of halogens is 1. The molecule has 1 unspecified atom stereocenters. The molecule has 30 heavy (non-hydrogen) atoms. The second kappa shape index (κ2) is 8.51. The minimum atomic E-state index is -0.722. The fourth-order valence-electron chi connectivity index (χ4n) is 3.69. The van der Waals surface area contributed by atoms with E-state index in [4.69, 9.17) is 11.6 Å². The number of Topliss-reactive ketones (excluding diaryl/α,β-unsaturated/α-hetero) is 1. The average Bonchev–Trinajstić information content (AvgIpc) is 3.03. The Morgan fingerprint density at radius 2 is 1.73 bits per heavy atom. The standard InChI is InChI=1S/C24H19ClN2O3/c25-19-8-4-7-18(15-19)21-20(22(28)17-9-12-26-13-10-17)23(29)24(30)27(21)14-11-16-5-2-1-3-6-16/h1-10,12-13,15,21,28H,11,14H2. The first kappa shape index (κ1) is 19.9. The first-order valence-electron chi connectivity index (χ1n) is 9.54. The van der Waals surface area contributed by atoms with E-state index in [1.165, 1.54) is 17.3 Å². The molecule has 0 aliphatic carbocycles. The molecular formula is C24H19ClN2O3. The predicted molar refractivity (Wildman–Crippen MR) is 115 cm³/mol. The highest BCUT2D eigenvalue weighted by Crippen LogP contribution is 2.39. The summed E-state index contributed by atoms with van der Waals surface area (Å²) in [6, 6.07) is 19.2. The highest BCUT2D eigenvalue weighted by Gasteiger charge is 2.45. The molecule has 1 saturated heterocycles. The summed E-state index contributed by atoms with van der Waals surface area (Å²) in [6.07, 6.45) is 3.63. The maximum Gasteiger partial charge on any atom is 0.295 e. The molecule has 0 spiro atoms. The number of amides is 1. The van der Waals surface area contributed by atoms with Crippen molar-refractivity contribution in [2.24, 2.45) is 0 Å². The number of likely N-dealkylation sites (tertiary alicyclic amines) is 1. The fourth-order valence-corrected chi connectivity index (χ4v) is 3.89. The van der Waals surface area contributed by atoms with Gasteiger partial charge in [-0.25, -0.2) is 0 Å². The van der Waals surface area contributed by atoms with Crippen molar-refractivity contribution in [3.8, 4) is 0 Å². The fraction of sp³-hybridized carbons (Fsp3) is 0.125. The SMILES string of the molecule is O=C1C(=O)N(CCc2ccccc2)C(c2cccc(Cl)c2)C1=C(O)c1ccncc1. The molecule has 1 fully saturated rings. The highest BCUT2D eigenvalue weighted by atomic mass is 35.5. The van der Waals surface area contributed by atoms with Gasteiger partial charge in [0, 0.05) is 29.5 Å². The summed E-state index contributed by atoms with van der Waals surface area (Å²) >= 11 is 6.19. The molecule has 1 aliphatic heterocycles. The molecule has 1 aliphatic rings. The van der Waals surface area contributed by atoms with Crippen LogP contribution >= 0.6 is 11.6 Å². The highest BCUT2D eigenvalue weighted by molar-refractivity contribution is 6.46. The number of aliphatic hydroxyl groups is 1. The van der Waals surface area contributed by atoms with Gasteiger partial charge in [0.05, 0.1) is 11.6 Å². The lowest BCUT2D eigenvalue weighted by molar-refractivity contribution is -0.139. The maximum atomic E-state index is 13.0. The van der Waals surface area contributed by atoms with Crippen LogP contribution in [-0.4, -0.2) is 33.2 Å². The topological polar surface area (TPSA) is 70.5 Å². The molecule has 0 saturated carbocycles. The summed E-state index contributed by atoms with van der Waals surface area (Å²) in [5, 5.41) is 11.4. The van der Waals surface area contributed by atoms with Crippen molar-refractivity contribution < 1.29 is 14.7 Å². The first-order chi connectivity index (χ1) is 14.6. The molecule has 0 bridgehead atoms. The van der Waals surface area contributed by atoms with Gasteiger partial charge < -0.3 is 10.0 Å². The van der Waals surface area contributed by atoms with Gasteiger partial charge in [0.1, 0.15) is 5.76 Å². The van der Waals surface area contributed by atoms with Crippen LogP contribution < -0.4 is 0 Å². The second-order valence-electron chi connectivity index (χ2n) is 7.02. The predicted octanol–water partition coefficient (Wildman–Crippen LogP) is 4.40. The van der Waals surface area contributed by atoms with Crippen LogP contribution in [-0.2, 0) is 16.0 Å². The smallest absolute Gasteiger partial charge is 0.295 e. The van der Waals surface area contributed by atoms with Gasteiger partial charge in [0.15, 0.2) is 0 Å². The zero-order valence-electron chi connectivity index (χ0n) is 16.0. The Labute approximate surface area is 179 Å². The maximum absolute atomic E-state index is 13.0. The summed E-state index contributed by atoms with van der Waals surface area (Å²) in [5.74, 6) is -1.56. The number of carbonyl (C=O) groups excluding carboxylic acids is 2. The summed E-state index contributed by atoms with van der Waals surface area (Å²) in [5.41, 5.74) is 2.21. The third-order valence-corrected chi connectivity index (χ3v) is 5.38. The molecule has 0 radical (unpaired) electrons. The number of aromatic nitrogens is 1. The van der Waals surface area contributed by atoms with Gasteiger partial charge in [-0.05, 0) is 41.8 Å². The molecule has 1 atom stereocenters. The van der Waals surface area contributed by atoms with Crippen LogP contribution in [0, 0.1) is 0 Å². The van der Waals surface area contributed by atoms with Gasteiger partial charge in [-0.3, -0.25) is 14.6 Å². The summed E-state index contributed by atoms with van der Waals surface area (Å²) in [6.45, 7) is 0.332. The minimum absolute atomic E-state index is 0.0570. The van der Waals surface area contributed by atoms with E-state index in [9.17, 15) is 14.7 Å². The van der Waals surface area contributed by atoms with E-state index in [1.54, 1.807) is 36.4 Å². The Hall–Kier alpha value is -3.44. The number of nitrogens with zero attached hydrogens (tertiary/aromatic N) is 2. The molecule has 150 valence electrons. The van der Waals surface area contributed by atoms with Crippen molar-refractivity contribution in [1.82, 2.24) is 9.88 Å². The average molecular weight is 419 g/mol. The minimum Gasteiger partial charge on any atom is -0.507 e. The van der Waals surface area contributed by atoms with Gasteiger partial charge in [-0.15, -0.1) is 0 Å². The zero-order chi connectivity index (χ0) is 21.1. The van der Waals surface area contributed by atoms with Gasteiger partial charge in [0.25, 0.3) is 11.7 Å². The number of hydrogen-bond acceptors (Lipinski definition) is 4. The third-order valence-electron chi connectivity index (χ3n) is 5.14. The Kier molecular flexibility index (Phi) is 5.63. The molecular weight excluding hydrogens is 400 g/mol. The van der Waals surface area contributed by atoms with E-state index in [1.807, 2.05) is 30.3 Å². The van der Waals surface area contributed by atoms with Crippen molar-refractivity contribution in [2.75, 3.05) is 6.54 Å². The molecule has 1 amide bonds. The van der Waals surface area contributed by atoms with E-state index in [0.29, 0.717) is 29.1 Å². The van der Waals surface area contributed by atoms with Crippen molar-refractivity contribution in [3.05, 3.63) is 106 Å². The normalized spacial score (nSPS) is 18.0. The molecule has 2 heterocycles. The van der Waals surface area contributed by atoms with Gasteiger partial charge >= 0.3 is 0 Å². The van der Waals surface area contributed by atoms with E-state index in [2.05, 4.69) is 4.98 Å². The van der Waals surface area contributed by atoms with Crippen LogP contribution in [0.1, 0.15) is 22.7 Å². The van der Waals surface area contributed by atoms with E-state index < -0.39 is 17.7 Å². The number of ketones is 1. The van der Waals surface area contributed by atoms with Crippen molar-refractivity contribution in [1.29, 1.82) is 0 Å². The molecule has 3 aromatic rings. The Bertz CT molecular complexity index is 1110. The Morgan fingerprint density at radius 3 is 2.43 bits per heavy atom. The second-order valence-corrected chi connectivity index (χ2v) is 7.46. The molecule has 4 rings (SSSR count). The van der Waals surface area contributed by atoms with Gasteiger partial charge in [-0.2, -0.15) is 0 Å². The Morgan fingerprint density at radius 1 is 1.00 bits per heavy atom. The quantitative estimate of drug-likeness (QED) is 0.379. The zero-order valence-corrected chi connectivity index (χ0v) is 16.8. The van der Waals surface area contributed by atoms with Crippen LogP contribution in [0.4, 0.5) is 0 Å². The monoisotopic (exact) mass is 418 g/mol. The van der Waals surface area contributed by atoms with Crippen LogP contribution in [0.25, 0.3) is 5.76 Å². The Balaban J connectivity index is 1.79. The van der Waals surface area contributed by atoms with Crippen LogP contribution in [0.5, 0.6) is 0 Å².